The lowest BCUT2D eigenvalue weighted by atomic mass is 10.0. The van der Waals surface area contributed by atoms with Gasteiger partial charge in [-0.25, -0.2) is 0 Å². The Labute approximate surface area is 160 Å². The lowest BCUT2D eigenvalue weighted by Crippen LogP contribution is -2.08. The van der Waals surface area contributed by atoms with Gasteiger partial charge in [0.1, 0.15) is 6.29 Å². The largest absolute Gasteiger partial charge is 0.378 e. The highest BCUT2D eigenvalue weighted by Gasteiger charge is 2.15. The number of carbonyl (C=O) groups excluding carboxylic acids is 2. The van der Waals surface area contributed by atoms with Crippen molar-refractivity contribution in [2.75, 3.05) is 18.1 Å². The van der Waals surface area contributed by atoms with Crippen molar-refractivity contribution in [2.24, 2.45) is 5.73 Å². The van der Waals surface area contributed by atoms with Gasteiger partial charge in [0.25, 0.3) is 5.91 Å². The van der Waals surface area contributed by atoms with Gasteiger partial charge in [-0.15, -0.1) is 23.1 Å². The molecule has 1 heterocycles. The van der Waals surface area contributed by atoms with Gasteiger partial charge < -0.3 is 15.8 Å². The van der Waals surface area contributed by atoms with Gasteiger partial charge >= 0.3 is 0 Å². The molecule has 2 aromatic carbocycles. The summed E-state index contributed by atoms with van der Waals surface area (Å²) in [6, 6.07) is 17.9. The minimum Gasteiger partial charge on any atom is -0.378 e. The van der Waals surface area contributed by atoms with Crippen molar-refractivity contribution in [3.05, 3.63) is 59.5 Å². The molecule has 132 valence electrons. The van der Waals surface area contributed by atoms with E-state index in [1.54, 1.807) is 11.8 Å². The molecule has 0 saturated carbocycles. The summed E-state index contributed by atoms with van der Waals surface area (Å²) in [5.74, 6) is -0.424. The molecule has 0 bridgehead atoms. The fraction of sp³-hybridized carbons (Fsp3) is 0.100. The molecule has 0 unspecified atom stereocenters. The van der Waals surface area contributed by atoms with Crippen LogP contribution < -0.4 is 11.1 Å². The van der Waals surface area contributed by atoms with Crippen molar-refractivity contribution in [2.45, 2.75) is 4.90 Å². The first kappa shape index (κ1) is 18.2. The first-order valence-corrected chi connectivity index (χ1v) is 10.0. The van der Waals surface area contributed by atoms with Crippen LogP contribution >= 0.6 is 23.1 Å². The van der Waals surface area contributed by atoms with Crippen molar-refractivity contribution in [3.8, 4) is 21.6 Å². The predicted molar refractivity (Wildman–Crippen MR) is 110 cm³/mol. The van der Waals surface area contributed by atoms with Crippen LogP contribution in [0.5, 0.6) is 0 Å². The van der Waals surface area contributed by atoms with E-state index in [1.807, 2.05) is 36.6 Å². The van der Waals surface area contributed by atoms with Gasteiger partial charge in [-0.2, -0.15) is 0 Å². The van der Waals surface area contributed by atoms with Gasteiger partial charge in [0.2, 0.25) is 0 Å². The number of nitrogens with two attached hydrogens (primary N) is 1. The van der Waals surface area contributed by atoms with E-state index in [0.717, 1.165) is 33.5 Å². The summed E-state index contributed by atoms with van der Waals surface area (Å²) < 4.78 is 0. The minimum atomic E-state index is -0.424. The first-order valence-electron chi connectivity index (χ1n) is 7.98. The third kappa shape index (κ3) is 3.98. The highest BCUT2D eigenvalue weighted by Crippen LogP contribution is 2.40. The second-order valence-electron chi connectivity index (χ2n) is 5.57. The Kier molecular flexibility index (Phi) is 5.75. The van der Waals surface area contributed by atoms with E-state index in [2.05, 4.69) is 29.6 Å². The number of thioether (sulfide) groups is 1. The molecule has 0 atom stereocenters. The third-order valence-electron chi connectivity index (χ3n) is 3.91. The van der Waals surface area contributed by atoms with Crippen LogP contribution in [0.1, 0.15) is 9.67 Å². The van der Waals surface area contributed by atoms with Crippen LogP contribution in [-0.4, -0.2) is 25.0 Å². The standard InChI is InChI=1S/C20H18N2O2S2/c1-25-16-8-4-13(5-9-16)17-12-18(20(21)24)26-19(17)14-2-6-15(7-3-14)22-10-11-23/h2-9,11-12,22H,10H2,1H3,(H2,21,24). The van der Waals surface area contributed by atoms with Gasteiger partial charge in [-0.3, -0.25) is 4.79 Å². The summed E-state index contributed by atoms with van der Waals surface area (Å²) >= 11 is 3.08. The van der Waals surface area contributed by atoms with Crippen molar-refractivity contribution >= 4 is 41.0 Å². The quantitative estimate of drug-likeness (QED) is 0.466. The molecular weight excluding hydrogens is 364 g/mol. The number of amides is 1. The summed E-state index contributed by atoms with van der Waals surface area (Å²) in [6.45, 7) is 0.275. The van der Waals surface area contributed by atoms with Crippen LogP contribution in [0.3, 0.4) is 0 Å². The molecule has 0 fully saturated rings. The Morgan fingerprint density at radius 2 is 1.77 bits per heavy atom. The molecule has 4 nitrogen and oxygen atoms in total. The van der Waals surface area contributed by atoms with E-state index in [-0.39, 0.29) is 6.54 Å². The number of nitrogens with one attached hydrogen (secondary N) is 1. The monoisotopic (exact) mass is 382 g/mol. The SMILES string of the molecule is CSc1ccc(-c2cc(C(N)=O)sc2-c2ccc(NCC=O)cc2)cc1. The fourth-order valence-electron chi connectivity index (χ4n) is 2.61. The van der Waals surface area contributed by atoms with Crippen molar-refractivity contribution in [1.29, 1.82) is 0 Å². The number of thiophene rings is 1. The maximum atomic E-state index is 11.7. The van der Waals surface area contributed by atoms with E-state index in [9.17, 15) is 9.59 Å². The summed E-state index contributed by atoms with van der Waals surface area (Å²) in [6.07, 6.45) is 2.86. The topological polar surface area (TPSA) is 72.2 Å². The molecule has 0 aliphatic carbocycles. The van der Waals surface area contributed by atoms with E-state index < -0.39 is 5.91 Å². The van der Waals surface area contributed by atoms with E-state index in [1.165, 1.54) is 16.2 Å². The average Bonchev–Trinajstić information content (AvgIpc) is 3.12. The lowest BCUT2D eigenvalue weighted by molar-refractivity contribution is -0.106. The molecule has 0 aliphatic heterocycles. The van der Waals surface area contributed by atoms with Crippen molar-refractivity contribution in [3.63, 3.8) is 0 Å². The minimum absolute atomic E-state index is 0.275. The summed E-state index contributed by atoms with van der Waals surface area (Å²) in [5, 5.41) is 3.01. The Balaban J connectivity index is 2.02. The molecule has 1 aromatic heterocycles. The Morgan fingerprint density at radius 3 is 2.35 bits per heavy atom. The predicted octanol–water partition coefficient (Wildman–Crippen LogP) is 4.51. The Bertz CT molecular complexity index is 916. The molecule has 3 N–H and O–H groups in total. The summed E-state index contributed by atoms with van der Waals surface area (Å²) in [4.78, 5) is 24.9. The number of aldehydes is 1. The molecule has 26 heavy (non-hydrogen) atoms. The number of rotatable bonds is 7. The van der Waals surface area contributed by atoms with Gasteiger partial charge in [0.15, 0.2) is 0 Å². The zero-order chi connectivity index (χ0) is 18.5. The van der Waals surface area contributed by atoms with Crippen LogP contribution in [0.25, 0.3) is 21.6 Å². The molecule has 0 saturated heterocycles. The van der Waals surface area contributed by atoms with Gasteiger partial charge in [-0.05, 0) is 47.7 Å². The smallest absolute Gasteiger partial charge is 0.258 e. The number of benzene rings is 2. The second kappa shape index (κ2) is 8.21. The normalized spacial score (nSPS) is 10.5. The van der Waals surface area contributed by atoms with Crippen LogP contribution in [0.2, 0.25) is 0 Å². The maximum Gasteiger partial charge on any atom is 0.258 e. The van der Waals surface area contributed by atoms with Gasteiger partial charge in [0.05, 0.1) is 11.4 Å². The maximum absolute atomic E-state index is 11.7. The summed E-state index contributed by atoms with van der Waals surface area (Å²) in [5.41, 5.74) is 9.42. The van der Waals surface area contributed by atoms with E-state index >= 15 is 0 Å². The lowest BCUT2D eigenvalue weighted by Gasteiger charge is -2.07. The number of hydrogen-bond donors (Lipinski definition) is 2. The van der Waals surface area contributed by atoms with Gasteiger partial charge in [-0.1, -0.05) is 24.3 Å². The van der Waals surface area contributed by atoms with Crippen LogP contribution in [0.15, 0.2) is 59.5 Å². The molecular formula is C20H18N2O2S2. The molecule has 3 aromatic rings. The van der Waals surface area contributed by atoms with E-state index in [4.69, 9.17) is 5.73 Å². The fourth-order valence-corrected chi connectivity index (χ4v) is 4.06. The first-order chi connectivity index (χ1) is 12.6. The van der Waals surface area contributed by atoms with Crippen molar-refractivity contribution in [1.82, 2.24) is 0 Å². The molecule has 1 amide bonds. The zero-order valence-corrected chi connectivity index (χ0v) is 15.8. The number of hydrogen-bond acceptors (Lipinski definition) is 5. The molecule has 0 aliphatic rings. The van der Waals surface area contributed by atoms with E-state index in [0.29, 0.717) is 4.88 Å². The number of carbonyl (C=O) groups is 2. The third-order valence-corrected chi connectivity index (χ3v) is 5.85. The van der Waals surface area contributed by atoms with Crippen LogP contribution in [0, 0.1) is 0 Å². The van der Waals surface area contributed by atoms with Crippen LogP contribution in [0.4, 0.5) is 5.69 Å². The van der Waals surface area contributed by atoms with Gasteiger partial charge in [0, 0.05) is 21.0 Å². The highest BCUT2D eigenvalue weighted by molar-refractivity contribution is 7.98. The second-order valence-corrected chi connectivity index (χ2v) is 7.50. The average molecular weight is 383 g/mol. The Hall–Kier alpha value is -2.57. The highest BCUT2D eigenvalue weighted by atomic mass is 32.2. The summed E-state index contributed by atoms with van der Waals surface area (Å²) in [7, 11) is 0. The number of primary amides is 1. The Morgan fingerprint density at radius 1 is 1.12 bits per heavy atom. The molecule has 0 radical (unpaired) electrons. The molecule has 3 rings (SSSR count). The van der Waals surface area contributed by atoms with Crippen LogP contribution in [-0.2, 0) is 4.79 Å². The molecule has 0 spiro atoms. The number of anilines is 1. The van der Waals surface area contributed by atoms with Crippen molar-refractivity contribution < 1.29 is 9.59 Å². The molecule has 6 heteroatoms. The zero-order valence-electron chi connectivity index (χ0n) is 14.2.